The summed E-state index contributed by atoms with van der Waals surface area (Å²) in [4.78, 5) is 33.4. The molecule has 0 aliphatic carbocycles. The minimum absolute atomic E-state index is 0.0000966. The number of ether oxygens (including phenoxy) is 1. The number of amides is 2. The highest BCUT2D eigenvalue weighted by molar-refractivity contribution is 6.05. The van der Waals surface area contributed by atoms with Gasteiger partial charge in [-0.25, -0.2) is 23.5 Å². The van der Waals surface area contributed by atoms with Crippen LogP contribution in [0.15, 0.2) is 36.7 Å². The zero-order valence-corrected chi connectivity index (χ0v) is 16.5. The zero-order chi connectivity index (χ0) is 22.1. The van der Waals surface area contributed by atoms with Gasteiger partial charge < -0.3 is 24.5 Å². The van der Waals surface area contributed by atoms with E-state index in [1.165, 1.54) is 29.3 Å². The summed E-state index contributed by atoms with van der Waals surface area (Å²) in [7, 11) is 0. The molecule has 9 nitrogen and oxygen atoms in total. The summed E-state index contributed by atoms with van der Waals surface area (Å²) >= 11 is 0. The third-order valence-electron chi connectivity index (χ3n) is 4.92. The minimum Gasteiger partial charge on any atom is -0.493 e. The molecule has 0 bridgehead atoms. The highest BCUT2D eigenvalue weighted by Gasteiger charge is 2.33. The van der Waals surface area contributed by atoms with Gasteiger partial charge in [0.05, 0.1) is 17.9 Å². The number of imidazole rings is 1. The Morgan fingerprint density at radius 2 is 2.06 bits per heavy atom. The normalized spacial score (nSPS) is 14.0. The summed E-state index contributed by atoms with van der Waals surface area (Å²) in [5, 5.41) is 11.5. The van der Waals surface area contributed by atoms with Crippen LogP contribution in [-0.4, -0.2) is 56.1 Å². The number of carbonyl (C=O) groups is 2. The molecule has 2 N–H and O–H groups in total. The number of nitrogens with zero attached hydrogens (tertiary/aromatic N) is 4. The van der Waals surface area contributed by atoms with Gasteiger partial charge in [-0.3, -0.25) is 4.79 Å². The summed E-state index contributed by atoms with van der Waals surface area (Å²) in [6, 6.07) is 5.59. The van der Waals surface area contributed by atoms with Gasteiger partial charge in [0.1, 0.15) is 22.9 Å². The molecular formula is C20H19F2N5O4. The van der Waals surface area contributed by atoms with Gasteiger partial charge in [0.2, 0.25) is 0 Å². The van der Waals surface area contributed by atoms with E-state index in [4.69, 9.17) is 9.84 Å². The lowest BCUT2D eigenvalue weighted by Crippen LogP contribution is -2.47. The van der Waals surface area contributed by atoms with E-state index in [9.17, 15) is 18.4 Å². The molecule has 4 rings (SSSR count). The van der Waals surface area contributed by atoms with Crippen molar-refractivity contribution in [2.75, 3.05) is 25.0 Å². The molecule has 31 heavy (non-hydrogen) atoms. The Labute approximate surface area is 175 Å². The second-order valence-corrected chi connectivity index (χ2v) is 7.00. The van der Waals surface area contributed by atoms with Crippen LogP contribution in [0.2, 0.25) is 0 Å². The van der Waals surface area contributed by atoms with E-state index in [2.05, 4.69) is 15.3 Å². The van der Waals surface area contributed by atoms with E-state index in [0.29, 0.717) is 31.0 Å². The molecule has 1 saturated heterocycles. The van der Waals surface area contributed by atoms with Crippen LogP contribution in [0.3, 0.4) is 0 Å². The largest absolute Gasteiger partial charge is 0.493 e. The molecule has 0 radical (unpaired) electrons. The van der Waals surface area contributed by atoms with Crippen molar-refractivity contribution in [3.05, 3.63) is 53.6 Å². The monoisotopic (exact) mass is 431 g/mol. The summed E-state index contributed by atoms with van der Waals surface area (Å²) in [6.07, 6.45) is -0.444. The van der Waals surface area contributed by atoms with Gasteiger partial charge in [-0.1, -0.05) is 6.07 Å². The molecule has 0 saturated carbocycles. The molecule has 4 heterocycles. The van der Waals surface area contributed by atoms with Gasteiger partial charge in [0, 0.05) is 37.5 Å². The maximum absolute atomic E-state index is 12.9. The summed E-state index contributed by atoms with van der Waals surface area (Å²) in [6.45, 7) is 2.79. The second kappa shape index (κ2) is 8.17. The average molecular weight is 431 g/mol. The van der Waals surface area contributed by atoms with Crippen LogP contribution in [0.25, 0.3) is 5.65 Å². The Balaban J connectivity index is 1.61. The molecular weight excluding hydrogens is 412 g/mol. The number of aromatic nitrogens is 3. The average Bonchev–Trinajstić information content (AvgIpc) is 3.08. The summed E-state index contributed by atoms with van der Waals surface area (Å²) in [5.41, 5.74) is 1.00. The number of carbonyl (C=O) groups excluding carboxylic acids is 1. The van der Waals surface area contributed by atoms with E-state index in [-0.39, 0.29) is 23.0 Å². The molecule has 0 aromatic carbocycles. The van der Waals surface area contributed by atoms with Crippen LogP contribution in [0.1, 0.15) is 41.0 Å². The predicted octanol–water partition coefficient (Wildman–Crippen LogP) is 3.40. The van der Waals surface area contributed by atoms with Crippen LogP contribution in [0.5, 0.6) is 5.75 Å². The number of anilines is 1. The molecule has 3 aromatic heterocycles. The predicted molar refractivity (Wildman–Crippen MR) is 106 cm³/mol. The topological polar surface area (TPSA) is 109 Å². The standard InChI is InChI=1S/C20H19F2N5O4/c1-2-31-15-6-17-24-14(11-7-27(8-11)20(29)30)10-26(17)9-12(15)19(28)25-16-5-3-4-13(23-16)18(21)22/h3-6,9-11,18H,2,7-8H2,1H3,(H,29,30)(H,23,25,28). The van der Waals surface area contributed by atoms with Crippen LogP contribution < -0.4 is 10.1 Å². The van der Waals surface area contributed by atoms with E-state index in [1.807, 2.05) is 0 Å². The number of pyridine rings is 2. The number of carboxylic acid groups (broad SMARTS) is 1. The van der Waals surface area contributed by atoms with Crippen molar-refractivity contribution in [3.63, 3.8) is 0 Å². The lowest BCUT2D eigenvalue weighted by molar-refractivity contribution is 0.101. The fourth-order valence-electron chi connectivity index (χ4n) is 3.33. The Morgan fingerprint density at radius 1 is 1.29 bits per heavy atom. The number of hydrogen-bond acceptors (Lipinski definition) is 5. The maximum Gasteiger partial charge on any atom is 0.407 e. The smallest absolute Gasteiger partial charge is 0.407 e. The van der Waals surface area contributed by atoms with Gasteiger partial charge in [-0.05, 0) is 19.1 Å². The molecule has 0 spiro atoms. The van der Waals surface area contributed by atoms with E-state index < -0.39 is 24.1 Å². The maximum atomic E-state index is 12.9. The molecule has 3 aromatic rings. The fourth-order valence-corrected chi connectivity index (χ4v) is 3.33. The van der Waals surface area contributed by atoms with E-state index >= 15 is 0 Å². The van der Waals surface area contributed by atoms with Crippen molar-refractivity contribution in [2.45, 2.75) is 19.3 Å². The number of nitrogens with one attached hydrogen (secondary N) is 1. The van der Waals surface area contributed by atoms with Crippen molar-refractivity contribution >= 4 is 23.5 Å². The Morgan fingerprint density at radius 3 is 2.74 bits per heavy atom. The molecule has 162 valence electrons. The van der Waals surface area contributed by atoms with Crippen molar-refractivity contribution in [3.8, 4) is 5.75 Å². The molecule has 1 aliphatic rings. The van der Waals surface area contributed by atoms with Crippen LogP contribution in [0, 0.1) is 0 Å². The molecule has 0 atom stereocenters. The molecule has 11 heteroatoms. The number of hydrogen-bond donors (Lipinski definition) is 2. The number of alkyl halides is 2. The lowest BCUT2D eigenvalue weighted by Gasteiger charge is -2.35. The first-order valence-corrected chi connectivity index (χ1v) is 9.55. The third kappa shape index (κ3) is 4.11. The van der Waals surface area contributed by atoms with Gasteiger partial charge in [0.15, 0.2) is 0 Å². The van der Waals surface area contributed by atoms with Crippen molar-refractivity contribution in [1.82, 2.24) is 19.3 Å². The second-order valence-electron chi connectivity index (χ2n) is 7.00. The van der Waals surface area contributed by atoms with Crippen LogP contribution in [0.4, 0.5) is 19.4 Å². The van der Waals surface area contributed by atoms with Gasteiger partial charge in [0.25, 0.3) is 12.3 Å². The molecule has 2 amide bonds. The van der Waals surface area contributed by atoms with Crippen LogP contribution >= 0.6 is 0 Å². The van der Waals surface area contributed by atoms with Gasteiger partial charge >= 0.3 is 6.09 Å². The number of likely N-dealkylation sites (tertiary alicyclic amines) is 1. The minimum atomic E-state index is -2.75. The number of fused-ring (bicyclic) bond motifs is 1. The quantitative estimate of drug-likeness (QED) is 0.619. The van der Waals surface area contributed by atoms with E-state index in [0.717, 1.165) is 0 Å². The number of rotatable bonds is 6. The Bertz CT molecular complexity index is 1140. The van der Waals surface area contributed by atoms with Crippen LogP contribution in [-0.2, 0) is 0 Å². The summed E-state index contributed by atoms with van der Waals surface area (Å²) in [5.74, 6) is -0.305. The molecule has 1 aliphatic heterocycles. The first-order chi connectivity index (χ1) is 14.9. The first kappa shape index (κ1) is 20.5. The Hall–Kier alpha value is -3.76. The number of halogens is 2. The van der Waals surface area contributed by atoms with Crippen molar-refractivity contribution in [2.24, 2.45) is 0 Å². The fraction of sp³-hybridized carbons (Fsp3) is 0.300. The van der Waals surface area contributed by atoms with E-state index in [1.54, 1.807) is 23.6 Å². The van der Waals surface area contributed by atoms with Gasteiger partial charge in [-0.2, -0.15) is 0 Å². The highest BCUT2D eigenvalue weighted by atomic mass is 19.3. The first-order valence-electron chi connectivity index (χ1n) is 9.55. The summed E-state index contributed by atoms with van der Waals surface area (Å²) < 4.78 is 33.0. The Kier molecular flexibility index (Phi) is 5.40. The van der Waals surface area contributed by atoms with Crippen molar-refractivity contribution in [1.29, 1.82) is 0 Å². The third-order valence-corrected chi connectivity index (χ3v) is 4.92. The molecule has 0 unspecified atom stereocenters. The SMILES string of the molecule is CCOc1cc2nc(C3CN(C(=O)O)C3)cn2cc1C(=O)Nc1cccc(C(F)F)n1. The highest BCUT2D eigenvalue weighted by Crippen LogP contribution is 2.29. The molecule has 1 fully saturated rings. The van der Waals surface area contributed by atoms with Gasteiger partial charge in [-0.15, -0.1) is 0 Å². The zero-order valence-electron chi connectivity index (χ0n) is 16.5. The van der Waals surface area contributed by atoms with Crippen molar-refractivity contribution < 1.29 is 28.2 Å². The lowest BCUT2D eigenvalue weighted by atomic mass is 9.98.